The Balaban J connectivity index is 2.08. The minimum absolute atomic E-state index is 0.417. The van der Waals surface area contributed by atoms with E-state index in [0.717, 1.165) is 33.6 Å². The molecule has 0 atom stereocenters. The first-order valence-electron chi connectivity index (χ1n) is 7.34. The van der Waals surface area contributed by atoms with Crippen molar-refractivity contribution in [3.05, 3.63) is 66.9 Å². The van der Waals surface area contributed by atoms with Crippen molar-refractivity contribution in [3.8, 4) is 22.4 Å². The zero-order chi connectivity index (χ0) is 15.8. The number of anilines is 1. The summed E-state index contributed by atoms with van der Waals surface area (Å²) in [6.07, 6.45) is 5.30. The average molecular weight is 301 g/mol. The number of rotatable bonds is 2. The van der Waals surface area contributed by atoms with Gasteiger partial charge in [-0.2, -0.15) is 0 Å². The van der Waals surface area contributed by atoms with Crippen LogP contribution in [-0.2, 0) is 0 Å². The first-order valence-corrected chi connectivity index (χ1v) is 7.34. The van der Waals surface area contributed by atoms with Crippen molar-refractivity contribution in [3.63, 3.8) is 0 Å². The average Bonchev–Trinajstić information content (AvgIpc) is 3.03. The summed E-state index contributed by atoms with van der Waals surface area (Å²) in [5.41, 5.74) is 11.9. The fraction of sp³-hybridized carbons (Fsp3) is 0.0556. The first-order chi connectivity index (χ1) is 11.3. The monoisotopic (exact) mass is 301 g/mol. The van der Waals surface area contributed by atoms with Gasteiger partial charge in [0, 0.05) is 34.8 Å². The Hall–Kier alpha value is -3.21. The van der Waals surface area contributed by atoms with Gasteiger partial charge in [-0.3, -0.25) is 9.38 Å². The van der Waals surface area contributed by atoms with Crippen LogP contribution < -0.4 is 5.73 Å². The van der Waals surface area contributed by atoms with Crippen LogP contribution in [0.1, 0.15) is 5.69 Å². The Morgan fingerprint density at radius 2 is 1.74 bits per heavy atom. The molecule has 5 heteroatoms. The van der Waals surface area contributed by atoms with Crippen LogP contribution in [0.25, 0.3) is 27.9 Å². The van der Waals surface area contributed by atoms with Gasteiger partial charge in [-0.25, -0.2) is 9.97 Å². The number of nitrogens with zero attached hydrogens (tertiary/aromatic N) is 4. The molecule has 3 aromatic heterocycles. The molecule has 23 heavy (non-hydrogen) atoms. The molecule has 4 aromatic rings. The smallest absolute Gasteiger partial charge is 0.206 e. The molecular formula is C18H15N5. The molecule has 0 aliphatic rings. The van der Waals surface area contributed by atoms with E-state index in [2.05, 4.69) is 15.0 Å². The van der Waals surface area contributed by atoms with Gasteiger partial charge in [0.1, 0.15) is 6.33 Å². The predicted octanol–water partition coefficient (Wildman–Crippen LogP) is 3.35. The summed E-state index contributed by atoms with van der Waals surface area (Å²) >= 11 is 0. The zero-order valence-electron chi connectivity index (χ0n) is 12.6. The summed E-state index contributed by atoms with van der Waals surface area (Å²) < 4.78 is 1.82. The molecule has 0 aliphatic heterocycles. The number of nitrogens with two attached hydrogens (primary N) is 1. The highest BCUT2D eigenvalue weighted by atomic mass is 15.1. The number of benzene rings is 1. The van der Waals surface area contributed by atoms with Crippen LogP contribution in [0.5, 0.6) is 0 Å². The molecule has 0 spiro atoms. The van der Waals surface area contributed by atoms with E-state index in [1.54, 1.807) is 18.7 Å². The minimum Gasteiger partial charge on any atom is -0.369 e. The van der Waals surface area contributed by atoms with Crippen molar-refractivity contribution >= 4 is 11.5 Å². The number of pyridine rings is 1. The first kappa shape index (κ1) is 13.5. The van der Waals surface area contributed by atoms with Gasteiger partial charge in [0.05, 0.1) is 11.2 Å². The Bertz CT molecular complexity index is 989. The summed E-state index contributed by atoms with van der Waals surface area (Å²) in [4.78, 5) is 13.3. The summed E-state index contributed by atoms with van der Waals surface area (Å²) in [6, 6.07) is 14.0. The molecule has 0 unspecified atom stereocenters. The lowest BCUT2D eigenvalue weighted by molar-refractivity contribution is 1.09. The standard InChI is InChI=1S/C18H15N5/c1-12-14(8-5-9-20-12)15-10-21-18(19)23-11-22-16(17(15)23)13-6-3-2-4-7-13/h2-11H,1H3,(H2,19,21). The number of nitrogen functional groups attached to an aromatic ring is 1. The highest BCUT2D eigenvalue weighted by molar-refractivity contribution is 5.92. The van der Waals surface area contributed by atoms with Crippen LogP contribution >= 0.6 is 0 Å². The second kappa shape index (κ2) is 5.21. The van der Waals surface area contributed by atoms with Gasteiger partial charge in [-0.15, -0.1) is 0 Å². The van der Waals surface area contributed by atoms with Crippen molar-refractivity contribution in [2.75, 3.05) is 5.73 Å². The minimum atomic E-state index is 0.417. The molecule has 0 radical (unpaired) electrons. The second-order valence-electron chi connectivity index (χ2n) is 5.34. The van der Waals surface area contributed by atoms with E-state index in [1.165, 1.54) is 0 Å². The van der Waals surface area contributed by atoms with Gasteiger partial charge in [0.2, 0.25) is 5.95 Å². The Labute approximate surface area is 133 Å². The van der Waals surface area contributed by atoms with E-state index in [9.17, 15) is 0 Å². The van der Waals surface area contributed by atoms with Crippen LogP contribution in [0.4, 0.5) is 5.95 Å². The fourth-order valence-corrected chi connectivity index (χ4v) is 2.81. The fourth-order valence-electron chi connectivity index (χ4n) is 2.81. The third-order valence-electron chi connectivity index (χ3n) is 3.94. The maximum Gasteiger partial charge on any atom is 0.206 e. The molecule has 3 heterocycles. The van der Waals surface area contributed by atoms with Gasteiger partial charge in [-0.1, -0.05) is 36.4 Å². The number of aryl methyl sites for hydroxylation is 1. The largest absolute Gasteiger partial charge is 0.369 e. The van der Waals surface area contributed by atoms with E-state index >= 15 is 0 Å². The molecule has 112 valence electrons. The number of hydrogen-bond donors (Lipinski definition) is 1. The summed E-state index contributed by atoms with van der Waals surface area (Å²) in [5, 5.41) is 0. The van der Waals surface area contributed by atoms with Gasteiger partial charge in [0.15, 0.2) is 0 Å². The summed E-state index contributed by atoms with van der Waals surface area (Å²) in [5.74, 6) is 0.417. The number of imidazole rings is 1. The lowest BCUT2D eigenvalue weighted by Gasteiger charge is -2.10. The second-order valence-corrected chi connectivity index (χ2v) is 5.34. The molecule has 2 N–H and O–H groups in total. The maximum atomic E-state index is 6.03. The van der Waals surface area contributed by atoms with Crippen LogP contribution in [0.15, 0.2) is 61.2 Å². The van der Waals surface area contributed by atoms with E-state index in [-0.39, 0.29) is 0 Å². The molecule has 1 aromatic carbocycles. The Morgan fingerprint density at radius 3 is 2.52 bits per heavy atom. The zero-order valence-corrected chi connectivity index (χ0v) is 12.6. The van der Waals surface area contributed by atoms with Crippen LogP contribution in [0.3, 0.4) is 0 Å². The lowest BCUT2D eigenvalue weighted by Crippen LogP contribution is -2.01. The Kier molecular flexibility index (Phi) is 3.05. The molecule has 0 fully saturated rings. The molecule has 0 saturated heterocycles. The molecule has 0 aliphatic carbocycles. The van der Waals surface area contributed by atoms with Crippen molar-refractivity contribution in [2.45, 2.75) is 6.92 Å². The van der Waals surface area contributed by atoms with E-state index in [4.69, 9.17) is 5.73 Å². The van der Waals surface area contributed by atoms with Crippen molar-refractivity contribution < 1.29 is 0 Å². The predicted molar refractivity (Wildman–Crippen MR) is 90.8 cm³/mol. The van der Waals surface area contributed by atoms with Gasteiger partial charge in [0.25, 0.3) is 0 Å². The topological polar surface area (TPSA) is 69.1 Å². The molecule has 0 bridgehead atoms. The molecule has 0 saturated carbocycles. The lowest BCUT2D eigenvalue weighted by atomic mass is 10.0. The number of fused-ring (bicyclic) bond motifs is 1. The highest BCUT2D eigenvalue weighted by Gasteiger charge is 2.16. The maximum absolute atomic E-state index is 6.03. The molecular weight excluding hydrogens is 286 g/mol. The van der Waals surface area contributed by atoms with E-state index in [1.807, 2.05) is 53.8 Å². The van der Waals surface area contributed by atoms with Crippen LogP contribution in [0.2, 0.25) is 0 Å². The molecule has 5 nitrogen and oxygen atoms in total. The van der Waals surface area contributed by atoms with Crippen LogP contribution in [0, 0.1) is 6.92 Å². The van der Waals surface area contributed by atoms with Crippen molar-refractivity contribution in [1.82, 2.24) is 19.4 Å². The molecule has 0 amide bonds. The summed E-state index contributed by atoms with van der Waals surface area (Å²) in [7, 11) is 0. The van der Waals surface area contributed by atoms with Gasteiger partial charge in [-0.05, 0) is 13.0 Å². The number of hydrogen-bond acceptors (Lipinski definition) is 4. The molecule has 4 rings (SSSR count). The van der Waals surface area contributed by atoms with Gasteiger partial charge < -0.3 is 5.73 Å². The highest BCUT2D eigenvalue weighted by Crippen LogP contribution is 2.33. The quantitative estimate of drug-likeness (QED) is 0.616. The Morgan fingerprint density at radius 1 is 0.913 bits per heavy atom. The SMILES string of the molecule is Cc1ncccc1-c1cnc(N)n2cnc(-c3ccccc3)c12. The number of aromatic nitrogens is 4. The van der Waals surface area contributed by atoms with Crippen molar-refractivity contribution in [2.24, 2.45) is 0 Å². The van der Waals surface area contributed by atoms with Gasteiger partial charge >= 0.3 is 0 Å². The summed E-state index contributed by atoms with van der Waals surface area (Å²) in [6.45, 7) is 1.99. The third-order valence-corrected chi connectivity index (χ3v) is 3.94. The normalized spacial score (nSPS) is 11.0. The van der Waals surface area contributed by atoms with E-state index in [0.29, 0.717) is 5.95 Å². The van der Waals surface area contributed by atoms with Crippen molar-refractivity contribution in [1.29, 1.82) is 0 Å². The van der Waals surface area contributed by atoms with Crippen LogP contribution in [-0.4, -0.2) is 19.4 Å². The third kappa shape index (κ3) is 2.14. The van der Waals surface area contributed by atoms with E-state index < -0.39 is 0 Å².